The van der Waals surface area contributed by atoms with Crippen LogP contribution in [0, 0.1) is 5.92 Å². The zero-order chi connectivity index (χ0) is 20.7. The molecule has 0 aromatic heterocycles. The van der Waals surface area contributed by atoms with Crippen molar-refractivity contribution in [2.24, 2.45) is 5.92 Å². The molecule has 0 aliphatic carbocycles. The molecule has 2 aliphatic heterocycles. The third kappa shape index (κ3) is 6.88. The molecule has 2 heterocycles. The van der Waals surface area contributed by atoms with Crippen molar-refractivity contribution < 1.29 is 18.0 Å². The number of amides is 2. The highest BCUT2D eigenvalue weighted by atomic mass is 32.2. The molecule has 2 fully saturated rings. The van der Waals surface area contributed by atoms with Crippen LogP contribution in [0.5, 0.6) is 0 Å². The quantitative estimate of drug-likeness (QED) is 0.563. The predicted molar refractivity (Wildman–Crippen MR) is 114 cm³/mol. The van der Waals surface area contributed by atoms with Gasteiger partial charge in [0.15, 0.2) is 9.84 Å². The van der Waals surface area contributed by atoms with Gasteiger partial charge in [-0.3, -0.25) is 20.4 Å². The number of anilines is 1. The first-order valence-electron chi connectivity index (χ1n) is 10.2. The van der Waals surface area contributed by atoms with Crippen LogP contribution in [-0.4, -0.2) is 44.8 Å². The molecule has 2 saturated heterocycles. The lowest BCUT2D eigenvalue weighted by atomic mass is 10.1. The first-order chi connectivity index (χ1) is 13.9. The topological polar surface area (TPSA) is 95.6 Å². The van der Waals surface area contributed by atoms with Crippen LogP contribution < -0.4 is 15.8 Å². The first-order valence-corrected chi connectivity index (χ1v) is 12.1. The lowest BCUT2D eigenvalue weighted by Crippen LogP contribution is -2.41. The summed E-state index contributed by atoms with van der Waals surface area (Å²) in [7, 11) is -3.01. The lowest BCUT2D eigenvalue weighted by molar-refractivity contribution is -0.127. The molecule has 158 valence electrons. The van der Waals surface area contributed by atoms with Gasteiger partial charge in [0, 0.05) is 31.3 Å². The molecule has 3 rings (SSSR count). The van der Waals surface area contributed by atoms with Gasteiger partial charge in [0.05, 0.1) is 11.5 Å². The zero-order valence-corrected chi connectivity index (χ0v) is 17.4. The second-order valence-corrected chi connectivity index (χ2v) is 10.1. The minimum atomic E-state index is -3.01. The summed E-state index contributed by atoms with van der Waals surface area (Å²) in [6.07, 6.45) is 8.69. The summed E-state index contributed by atoms with van der Waals surface area (Å²) < 4.78 is 22.8. The molecule has 0 spiro atoms. The Morgan fingerprint density at radius 2 is 1.72 bits per heavy atom. The van der Waals surface area contributed by atoms with Gasteiger partial charge >= 0.3 is 0 Å². The molecule has 29 heavy (non-hydrogen) atoms. The lowest BCUT2D eigenvalue weighted by Gasteiger charge is -2.22. The highest BCUT2D eigenvalue weighted by molar-refractivity contribution is 7.91. The van der Waals surface area contributed by atoms with E-state index >= 15 is 0 Å². The fourth-order valence-electron chi connectivity index (χ4n) is 3.82. The Morgan fingerprint density at radius 3 is 2.34 bits per heavy atom. The number of hydrazine groups is 1. The van der Waals surface area contributed by atoms with Gasteiger partial charge in [-0.15, -0.1) is 0 Å². The second kappa shape index (κ2) is 9.91. The summed E-state index contributed by atoms with van der Waals surface area (Å²) in [6, 6.07) is 8.09. The van der Waals surface area contributed by atoms with Crippen molar-refractivity contribution in [2.45, 2.75) is 38.5 Å². The fourth-order valence-corrected chi connectivity index (χ4v) is 5.68. The number of sulfone groups is 1. The number of hydrogen-bond acceptors (Lipinski definition) is 5. The van der Waals surface area contributed by atoms with Crippen molar-refractivity contribution in [3.8, 4) is 0 Å². The molecule has 2 aliphatic rings. The van der Waals surface area contributed by atoms with E-state index in [-0.39, 0.29) is 29.8 Å². The van der Waals surface area contributed by atoms with Gasteiger partial charge in [0.25, 0.3) is 5.91 Å². The standard InChI is InChI=1S/C21H29N3O4S/c25-20(22-23-21(26)15-18-11-14-29(27,28)16-18)10-7-17-5-8-19(9-6-17)24-12-3-1-2-4-13-24/h5-10,18H,1-4,11-16H2,(H,22,25)(H,23,26)/b10-7+/t18-/m1/s1. The number of hydrogen-bond donors (Lipinski definition) is 2. The number of carbonyl (C=O) groups excluding carboxylic acids is 2. The fraction of sp³-hybridized carbons (Fsp3) is 0.524. The van der Waals surface area contributed by atoms with E-state index in [1.165, 1.54) is 37.4 Å². The average molecular weight is 420 g/mol. The van der Waals surface area contributed by atoms with Crippen LogP contribution in [0.3, 0.4) is 0 Å². The largest absolute Gasteiger partial charge is 0.372 e. The molecule has 2 amide bonds. The number of rotatable bonds is 5. The van der Waals surface area contributed by atoms with Gasteiger partial charge in [-0.05, 0) is 49.0 Å². The average Bonchev–Trinajstić information content (AvgIpc) is 2.89. The van der Waals surface area contributed by atoms with Gasteiger partial charge in [-0.2, -0.15) is 0 Å². The maximum Gasteiger partial charge on any atom is 0.262 e. The van der Waals surface area contributed by atoms with Crippen molar-refractivity contribution in [1.29, 1.82) is 0 Å². The van der Waals surface area contributed by atoms with Crippen LogP contribution in [0.25, 0.3) is 6.08 Å². The second-order valence-electron chi connectivity index (χ2n) is 7.84. The number of benzene rings is 1. The Kier molecular flexibility index (Phi) is 7.30. The van der Waals surface area contributed by atoms with Crippen LogP contribution in [-0.2, 0) is 19.4 Å². The summed E-state index contributed by atoms with van der Waals surface area (Å²) in [5, 5.41) is 0. The highest BCUT2D eigenvalue weighted by Crippen LogP contribution is 2.21. The van der Waals surface area contributed by atoms with E-state index in [1.807, 2.05) is 12.1 Å². The smallest absolute Gasteiger partial charge is 0.262 e. The van der Waals surface area contributed by atoms with Crippen LogP contribution in [0.2, 0.25) is 0 Å². The molecule has 0 bridgehead atoms. The molecule has 0 unspecified atom stereocenters. The van der Waals surface area contributed by atoms with Crippen molar-refractivity contribution in [3.05, 3.63) is 35.9 Å². The van der Waals surface area contributed by atoms with Crippen molar-refractivity contribution in [3.63, 3.8) is 0 Å². The molecule has 1 atom stereocenters. The molecule has 7 nitrogen and oxygen atoms in total. The Labute approximate surface area is 172 Å². The van der Waals surface area contributed by atoms with E-state index < -0.39 is 15.7 Å². The first kappa shape index (κ1) is 21.4. The Morgan fingerprint density at radius 1 is 1.03 bits per heavy atom. The predicted octanol–water partition coefficient (Wildman–Crippen LogP) is 2.05. The summed E-state index contributed by atoms with van der Waals surface area (Å²) >= 11 is 0. The molecular weight excluding hydrogens is 390 g/mol. The monoisotopic (exact) mass is 419 g/mol. The normalized spacial score (nSPS) is 21.7. The van der Waals surface area contributed by atoms with Crippen LogP contribution in [0.15, 0.2) is 30.3 Å². The van der Waals surface area contributed by atoms with Crippen molar-refractivity contribution in [1.82, 2.24) is 10.9 Å². The van der Waals surface area contributed by atoms with Crippen LogP contribution >= 0.6 is 0 Å². The van der Waals surface area contributed by atoms with Gasteiger partial charge < -0.3 is 4.90 Å². The maximum absolute atomic E-state index is 11.9. The van der Waals surface area contributed by atoms with E-state index in [9.17, 15) is 18.0 Å². The molecule has 2 N–H and O–H groups in total. The minimum absolute atomic E-state index is 0.0433. The molecular formula is C21H29N3O4S. The summed E-state index contributed by atoms with van der Waals surface area (Å²) in [4.78, 5) is 26.1. The van der Waals surface area contributed by atoms with Crippen LogP contribution in [0.4, 0.5) is 5.69 Å². The number of nitrogens with zero attached hydrogens (tertiary/aromatic N) is 1. The summed E-state index contributed by atoms with van der Waals surface area (Å²) in [5.41, 5.74) is 6.78. The Balaban J connectivity index is 1.42. The molecule has 1 aromatic rings. The highest BCUT2D eigenvalue weighted by Gasteiger charge is 2.29. The molecule has 8 heteroatoms. The van der Waals surface area contributed by atoms with E-state index in [0.717, 1.165) is 18.7 Å². The van der Waals surface area contributed by atoms with Gasteiger partial charge in [0.1, 0.15) is 0 Å². The minimum Gasteiger partial charge on any atom is -0.372 e. The molecule has 0 saturated carbocycles. The SMILES string of the molecule is O=C(/C=C/c1ccc(N2CCCCCC2)cc1)NNC(=O)C[C@H]1CCS(=O)(=O)C1. The van der Waals surface area contributed by atoms with E-state index in [0.29, 0.717) is 6.42 Å². The van der Waals surface area contributed by atoms with Crippen molar-refractivity contribution in [2.75, 3.05) is 29.5 Å². The van der Waals surface area contributed by atoms with E-state index in [1.54, 1.807) is 6.08 Å². The Hall–Kier alpha value is -2.35. The van der Waals surface area contributed by atoms with Crippen molar-refractivity contribution >= 4 is 33.4 Å². The number of nitrogens with one attached hydrogen (secondary N) is 2. The summed E-state index contributed by atoms with van der Waals surface area (Å²) in [5.74, 6) is -0.807. The molecule has 0 radical (unpaired) electrons. The third-order valence-electron chi connectivity index (χ3n) is 5.42. The summed E-state index contributed by atoms with van der Waals surface area (Å²) in [6.45, 7) is 2.17. The van der Waals surface area contributed by atoms with Crippen LogP contribution in [0.1, 0.15) is 44.1 Å². The Bertz CT molecular complexity index is 841. The molecule has 1 aromatic carbocycles. The maximum atomic E-state index is 11.9. The van der Waals surface area contributed by atoms with Gasteiger partial charge in [0.2, 0.25) is 5.91 Å². The zero-order valence-electron chi connectivity index (χ0n) is 16.6. The van der Waals surface area contributed by atoms with E-state index in [2.05, 4.69) is 27.9 Å². The van der Waals surface area contributed by atoms with E-state index in [4.69, 9.17) is 0 Å². The number of carbonyl (C=O) groups is 2. The third-order valence-corrected chi connectivity index (χ3v) is 7.25. The van der Waals surface area contributed by atoms with Gasteiger partial charge in [-0.1, -0.05) is 25.0 Å². The van der Waals surface area contributed by atoms with Gasteiger partial charge in [-0.25, -0.2) is 8.42 Å².